The summed E-state index contributed by atoms with van der Waals surface area (Å²) in [6.45, 7) is 3.62. The summed E-state index contributed by atoms with van der Waals surface area (Å²) in [7, 11) is 0. The lowest BCUT2D eigenvalue weighted by atomic mass is 10.1. The van der Waals surface area contributed by atoms with Crippen LogP contribution in [0.4, 0.5) is 0 Å². The lowest BCUT2D eigenvalue weighted by Crippen LogP contribution is -1.97. The smallest absolute Gasteiger partial charge is 0.141 e. The van der Waals surface area contributed by atoms with Crippen LogP contribution in [0.5, 0.6) is 5.75 Å². The van der Waals surface area contributed by atoms with E-state index < -0.39 is 0 Å². The summed E-state index contributed by atoms with van der Waals surface area (Å²) >= 11 is 0. The third-order valence-electron chi connectivity index (χ3n) is 3.74. The summed E-state index contributed by atoms with van der Waals surface area (Å²) in [5.41, 5.74) is 1.74. The van der Waals surface area contributed by atoms with Gasteiger partial charge in [-0.2, -0.15) is 0 Å². The highest BCUT2D eigenvalue weighted by Crippen LogP contribution is 2.25. The summed E-state index contributed by atoms with van der Waals surface area (Å²) in [6, 6.07) is 7.48. The van der Waals surface area contributed by atoms with Crippen LogP contribution in [0, 0.1) is 0 Å². The maximum atomic E-state index is 9.80. The van der Waals surface area contributed by atoms with Crippen molar-refractivity contribution in [2.24, 2.45) is 0 Å². The fourth-order valence-electron chi connectivity index (χ4n) is 2.51. The van der Waals surface area contributed by atoms with Crippen molar-refractivity contribution in [1.82, 2.24) is 4.98 Å². The second-order valence-corrected chi connectivity index (χ2v) is 5.46. The number of phenols is 1. The zero-order chi connectivity index (χ0) is 14.9. The van der Waals surface area contributed by atoms with Crippen molar-refractivity contribution in [2.45, 2.75) is 52.1 Å². The first-order valence-corrected chi connectivity index (χ1v) is 7.96. The van der Waals surface area contributed by atoms with E-state index in [-0.39, 0.29) is 18.2 Å². The summed E-state index contributed by atoms with van der Waals surface area (Å²) in [5, 5.41) is 10.8. The lowest BCUT2D eigenvalue weighted by Gasteiger charge is -2.08. The van der Waals surface area contributed by atoms with Gasteiger partial charge in [-0.25, -0.2) is 0 Å². The van der Waals surface area contributed by atoms with Crippen LogP contribution in [0.3, 0.4) is 0 Å². The molecule has 22 heavy (non-hydrogen) atoms. The Morgan fingerprint density at radius 3 is 2.64 bits per heavy atom. The van der Waals surface area contributed by atoms with E-state index in [1.807, 2.05) is 18.2 Å². The standard InChI is InChI=1S/C18H25NO2.ClH/c1-2-3-4-5-6-7-13-21-14-15-10-11-17(20)18-16(15)9-8-12-19-18;/h8-12,20H,2-7,13-14H2,1H3;1H. The van der Waals surface area contributed by atoms with Crippen LogP contribution in [0.2, 0.25) is 0 Å². The Morgan fingerprint density at radius 1 is 1.05 bits per heavy atom. The number of unbranched alkanes of at least 4 members (excludes halogenated alkanes) is 5. The molecule has 1 aromatic carbocycles. The summed E-state index contributed by atoms with van der Waals surface area (Å²) in [5.74, 6) is 0.227. The first kappa shape index (κ1) is 18.7. The number of ether oxygens (including phenoxy) is 1. The number of halogens is 1. The zero-order valence-corrected chi connectivity index (χ0v) is 14.1. The van der Waals surface area contributed by atoms with Crippen molar-refractivity contribution in [3.05, 3.63) is 36.0 Å². The minimum absolute atomic E-state index is 0. The number of phenolic OH excluding ortho intramolecular Hbond substituents is 1. The van der Waals surface area contributed by atoms with E-state index in [0.717, 1.165) is 24.0 Å². The SMILES string of the molecule is CCCCCCCCOCc1ccc(O)c2ncccc12.Cl. The van der Waals surface area contributed by atoms with Gasteiger partial charge in [-0.05, 0) is 24.1 Å². The highest BCUT2D eigenvalue weighted by atomic mass is 35.5. The number of hydrogen-bond donors (Lipinski definition) is 1. The highest BCUT2D eigenvalue weighted by Gasteiger charge is 2.05. The largest absolute Gasteiger partial charge is 0.506 e. The molecule has 0 saturated heterocycles. The Bertz CT molecular complexity index is 560. The maximum Gasteiger partial charge on any atom is 0.141 e. The van der Waals surface area contributed by atoms with Crippen LogP contribution in [0.15, 0.2) is 30.5 Å². The van der Waals surface area contributed by atoms with Gasteiger partial charge in [0.1, 0.15) is 11.3 Å². The Balaban J connectivity index is 0.00000242. The predicted molar refractivity (Wildman–Crippen MR) is 93.7 cm³/mol. The fourth-order valence-corrected chi connectivity index (χ4v) is 2.51. The van der Waals surface area contributed by atoms with Crippen LogP contribution in [-0.2, 0) is 11.3 Å². The third-order valence-corrected chi connectivity index (χ3v) is 3.74. The minimum atomic E-state index is 0. The molecule has 2 aromatic rings. The van der Waals surface area contributed by atoms with Gasteiger partial charge >= 0.3 is 0 Å². The van der Waals surface area contributed by atoms with Crippen molar-refractivity contribution in [2.75, 3.05) is 6.61 Å². The molecule has 0 aliphatic carbocycles. The molecule has 2 rings (SSSR count). The van der Waals surface area contributed by atoms with Crippen molar-refractivity contribution in [3.8, 4) is 5.75 Å². The van der Waals surface area contributed by atoms with Gasteiger partial charge in [-0.3, -0.25) is 4.98 Å². The second-order valence-electron chi connectivity index (χ2n) is 5.46. The van der Waals surface area contributed by atoms with Gasteiger partial charge in [0.25, 0.3) is 0 Å². The number of pyridine rings is 1. The number of benzene rings is 1. The van der Waals surface area contributed by atoms with Crippen molar-refractivity contribution < 1.29 is 9.84 Å². The van der Waals surface area contributed by atoms with Crippen molar-refractivity contribution in [3.63, 3.8) is 0 Å². The van der Waals surface area contributed by atoms with E-state index in [9.17, 15) is 5.11 Å². The number of hydrogen-bond acceptors (Lipinski definition) is 3. The first-order valence-electron chi connectivity index (χ1n) is 7.96. The second kappa shape index (κ2) is 10.4. The van der Waals surface area contributed by atoms with E-state index in [2.05, 4.69) is 11.9 Å². The molecule has 0 bridgehead atoms. The number of nitrogens with zero attached hydrogens (tertiary/aromatic N) is 1. The van der Waals surface area contributed by atoms with E-state index >= 15 is 0 Å². The van der Waals surface area contributed by atoms with E-state index in [4.69, 9.17) is 4.74 Å². The summed E-state index contributed by atoms with van der Waals surface area (Å²) in [6.07, 6.45) is 9.35. The molecule has 0 fully saturated rings. The van der Waals surface area contributed by atoms with Gasteiger partial charge in [0.2, 0.25) is 0 Å². The number of aromatic nitrogens is 1. The minimum Gasteiger partial charge on any atom is -0.506 e. The van der Waals surface area contributed by atoms with Gasteiger partial charge in [0.15, 0.2) is 0 Å². The molecule has 122 valence electrons. The molecule has 0 radical (unpaired) electrons. The van der Waals surface area contributed by atoms with Gasteiger partial charge < -0.3 is 9.84 Å². The molecule has 1 heterocycles. The maximum absolute atomic E-state index is 9.80. The van der Waals surface area contributed by atoms with Crippen molar-refractivity contribution in [1.29, 1.82) is 0 Å². The number of rotatable bonds is 9. The molecule has 4 heteroatoms. The average Bonchev–Trinajstić information content (AvgIpc) is 2.52. The molecule has 0 unspecified atom stereocenters. The van der Waals surface area contributed by atoms with Gasteiger partial charge in [0, 0.05) is 18.2 Å². The van der Waals surface area contributed by atoms with Crippen LogP contribution < -0.4 is 0 Å². The molecule has 0 aliphatic heterocycles. The van der Waals surface area contributed by atoms with E-state index in [1.54, 1.807) is 12.3 Å². The van der Waals surface area contributed by atoms with E-state index in [0.29, 0.717) is 12.1 Å². The predicted octanol–water partition coefficient (Wildman–Crippen LogP) is 5.24. The summed E-state index contributed by atoms with van der Waals surface area (Å²) < 4.78 is 5.76. The quantitative estimate of drug-likeness (QED) is 0.642. The van der Waals surface area contributed by atoms with Crippen LogP contribution in [0.1, 0.15) is 51.0 Å². The monoisotopic (exact) mass is 323 g/mol. The average molecular weight is 324 g/mol. The number of fused-ring (bicyclic) bond motifs is 1. The summed E-state index contributed by atoms with van der Waals surface area (Å²) in [4.78, 5) is 4.22. The Labute approximate surface area is 139 Å². The highest BCUT2D eigenvalue weighted by molar-refractivity contribution is 5.87. The molecule has 1 aromatic heterocycles. The lowest BCUT2D eigenvalue weighted by molar-refractivity contribution is 0.117. The molecule has 1 N–H and O–H groups in total. The Kier molecular flexibility index (Phi) is 8.86. The Morgan fingerprint density at radius 2 is 1.82 bits per heavy atom. The molecule has 3 nitrogen and oxygen atoms in total. The third kappa shape index (κ3) is 5.47. The van der Waals surface area contributed by atoms with Crippen LogP contribution in [0.25, 0.3) is 10.9 Å². The van der Waals surface area contributed by atoms with Crippen LogP contribution in [-0.4, -0.2) is 16.7 Å². The van der Waals surface area contributed by atoms with Gasteiger partial charge in [0.05, 0.1) is 6.61 Å². The normalized spacial score (nSPS) is 10.6. The molecule has 0 spiro atoms. The number of aromatic hydroxyl groups is 1. The fraction of sp³-hybridized carbons (Fsp3) is 0.500. The first-order chi connectivity index (χ1) is 10.3. The Hall–Kier alpha value is -1.32. The van der Waals surface area contributed by atoms with Gasteiger partial charge in [-0.15, -0.1) is 12.4 Å². The molecular formula is C18H26ClNO2. The molecular weight excluding hydrogens is 298 g/mol. The van der Waals surface area contributed by atoms with E-state index in [1.165, 1.54) is 32.1 Å². The van der Waals surface area contributed by atoms with Crippen molar-refractivity contribution >= 4 is 23.3 Å². The zero-order valence-electron chi connectivity index (χ0n) is 13.3. The molecule has 0 amide bonds. The van der Waals surface area contributed by atoms with Gasteiger partial charge in [-0.1, -0.05) is 51.2 Å². The van der Waals surface area contributed by atoms with Crippen LogP contribution >= 0.6 is 12.4 Å². The molecule has 0 saturated carbocycles. The topological polar surface area (TPSA) is 42.4 Å². The molecule has 0 atom stereocenters. The molecule has 0 aliphatic rings.